The lowest BCUT2D eigenvalue weighted by Crippen LogP contribution is -2.57. The third-order valence-corrected chi connectivity index (χ3v) is 22.6. The van der Waals surface area contributed by atoms with Gasteiger partial charge < -0.3 is 68.1 Å². The SMILES string of the molecule is CC[C@H]1c2cc3[nH]c4c(c3C)C(=O)C(C(=O)OC)c4c3nc(cc4[nH]c(cc(n2)[C@@H]1C)c(C(C)=O)c4C)C[C@@H]3CCC(=O)NCCSSC[C@H](NC(=O)[C@H](CC(=O)NCCS(=O)(=O)O)NC(=O)[C@H](CC(=O)NCCS(=O)(=O)O)NC(=O)CC[C@@H](C)NC(=O)c1ccc(NCc2cnc3nc(N)[nH]c(=O)c3n2)cc1)C(=O)O. The number of nitrogens with one attached hydrogen (secondary N) is 11. The van der Waals surface area contributed by atoms with Crippen molar-refractivity contribution in [1.82, 2.24) is 77.1 Å². The van der Waals surface area contributed by atoms with Gasteiger partial charge >= 0.3 is 11.9 Å². The van der Waals surface area contributed by atoms with Gasteiger partial charge in [-0.2, -0.15) is 21.8 Å². The largest absolute Gasteiger partial charge is 0.480 e. The molecule has 1 aliphatic carbocycles. The van der Waals surface area contributed by atoms with Gasteiger partial charge in [-0.05, 0) is 107 Å². The number of carbonyl (C=O) groups excluding carboxylic acids is 10. The molecule has 0 saturated carbocycles. The maximum atomic E-state index is 14.5. The maximum Gasteiger partial charge on any atom is 0.327 e. The van der Waals surface area contributed by atoms with Crippen molar-refractivity contribution in [3.05, 3.63) is 121 Å². The number of aromatic amines is 3. The van der Waals surface area contributed by atoms with E-state index in [4.69, 9.17) is 20.4 Å². The van der Waals surface area contributed by atoms with E-state index < -0.39 is 165 Å². The first-order chi connectivity index (χ1) is 52.5. The summed E-state index contributed by atoms with van der Waals surface area (Å²) in [7, 11) is -5.98. The number of fused-ring (bicyclic) bond motifs is 9. The Morgan fingerprint density at radius 1 is 0.730 bits per heavy atom. The molecule has 3 aliphatic rings. The molecule has 37 nitrogen and oxygen atoms in total. The summed E-state index contributed by atoms with van der Waals surface area (Å²) in [5, 5.41) is 30.1. The van der Waals surface area contributed by atoms with Crippen molar-refractivity contribution >= 4 is 152 Å². The van der Waals surface area contributed by atoms with Crippen LogP contribution in [0.25, 0.3) is 33.2 Å². The zero-order valence-electron chi connectivity index (χ0n) is 61.3. The molecule has 0 fully saturated rings. The highest BCUT2D eigenvalue weighted by Crippen LogP contribution is 2.45. The Labute approximate surface area is 642 Å². The van der Waals surface area contributed by atoms with Crippen LogP contribution in [0.2, 0.25) is 0 Å². The van der Waals surface area contributed by atoms with E-state index in [0.29, 0.717) is 72.7 Å². The van der Waals surface area contributed by atoms with E-state index >= 15 is 0 Å². The fraction of sp³-hybridized carbons (Fsp3) is 0.443. The Morgan fingerprint density at radius 2 is 1.36 bits per heavy atom. The molecule has 111 heavy (non-hydrogen) atoms. The third-order valence-electron chi connectivity index (χ3n) is 18.8. The molecule has 0 spiro atoms. The normalized spacial score (nSPS) is 16.3. The van der Waals surface area contributed by atoms with Gasteiger partial charge in [-0.1, -0.05) is 35.4 Å². The standard InChI is InChI=1S/C70H85N17O20S4/c1-8-42-33(3)44-26-47-55(36(6)88)34(4)43(81-47)24-40-23-38(59(78-40)57-58(69(100)107-7)62(93)56-35(5)45(83-60(56)57)25-46(42)80-44)12-16-51(89)72-17-20-108-109-31-50(68(98)99)85-66(96)49(28-54(92)74-19-22-111(104,105)106)84-65(95)48(27-53(91)73-18-21-110(101,102)103)82-52(90)15-9-32(2)77-64(94)37-10-13-39(14-11-37)75-29-41-30-76-63-61(79-41)67(97)87-70(71)86-63/h10-11,13-14,24-26,30,32-33,38,42,48-50,58,75,81,83H,8-9,12,15-23,27-29,31H2,1-7H3,(H,72,89)(H,73,91)(H,74,92)(H,77,94)(H,82,90)(H,84,95)(H,85,96)(H,98,99)(H,101,102,103)(H,104,105,106)(H3,71,76,86,87,97)/t32-,33-,38+,42-,48+,49+,50+,58?/m1/s1. The van der Waals surface area contributed by atoms with E-state index in [1.165, 1.54) is 32.4 Å². The molecule has 0 radical (unpaired) electrons. The highest BCUT2D eigenvalue weighted by Gasteiger charge is 2.45. The lowest BCUT2D eigenvalue weighted by atomic mass is 9.89. The molecule has 7 heterocycles. The molecule has 594 valence electrons. The zero-order chi connectivity index (χ0) is 80.9. The number of nitrogens with two attached hydrogens (primary N) is 1. The van der Waals surface area contributed by atoms with Gasteiger partial charge in [0, 0.05) is 124 Å². The number of hydrogen-bond acceptors (Lipinski definition) is 26. The predicted octanol–water partition coefficient (Wildman–Crippen LogP) is 2.64. The van der Waals surface area contributed by atoms with Gasteiger partial charge in [0.1, 0.15) is 24.0 Å². The second kappa shape index (κ2) is 36.8. The second-order valence-corrected chi connectivity index (χ2v) is 32.6. The minimum Gasteiger partial charge on any atom is -0.480 e. The van der Waals surface area contributed by atoms with Gasteiger partial charge in [0.2, 0.25) is 41.4 Å². The van der Waals surface area contributed by atoms with E-state index in [9.17, 15) is 88.6 Å². The van der Waals surface area contributed by atoms with Crippen molar-refractivity contribution < 1.29 is 88.5 Å². The van der Waals surface area contributed by atoms with E-state index in [-0.39, 0.29) is 90.6 Å². The first-order valence-corrected chi connectivity index (χ1v) is 40.8. The minimum absolute atomic E-state index is 0.00175. The van der Waals surface area contributed by atoms with Crippen LogP contribution in [0, 0.1) is 13.8 Å². The van der Waals surface area contributed by atoms with Gasteiger partial charge in [0.25, 0.3) is 31.7 Å². The summed E-state index contributed by atoms with van der Waals surface area (Å²) < 4.78 is 69.5. The fourth-order valence-corrected chi connectivity index (χ4v) is 15.9. The minimum atomic E-state index is -4.62. The molecule has 41 heteroatoms. The summed E-state index contributed by atoms with van der Waals surface area (Å²) in [6.45, 7) is 9.65. The van der Waals surface area contributed by atoms with Gasteiger partial charge in [0.15, 0.2) is 22.7 Å². The Bertz CT molecular complexity index is 5150. The van der Waals surface area contributed by atoms with Gasteiger partial charge in [-0.3, -0.25) is 76.8 Å². The molecular weight excluding hydrogens is 1530 g/mol. The number of rotatable bonds is 36. The number of aryl methyl sites for hydroxylation is 2. The van der Waals surface area contributed by atoms with Crippen LogP contribution in [0.1, 0.15) is 173 Å². The highest BCUT2D eigenvalue weighted by atomic mass is 33.1. The first kappa shape index (κ1) is 84.3. The molecular formula is C70H85N17O20S4. The van der Waals surface area contributed by atoms with Crippen LogP contribution in [-0.2, 0) is 76.3 Å². The number of esters is 1. The van der Waals surface area contributed by atoms with Gasteiger partial charge in [-0.15, -0.1) is 0 Å². The Balaban J connectivity index is 0.823. The molecule has 1 unspecified atom stereocenters. The topological polar surface area (TPSA) is 577 Å². The van der Waals surface area contributed by atoms with Crippen LogP contribution in [0.4, 0.5) is 11.6 Å². The molecule has 16 N–H and O–H groups in total. The quantitative estimate of drug-likeness (QED) is 0.00671. The average Bonchev–Trinajstić information content (AvgIpc) is 1.57. The number of nitrogen functional groups attached to an aromatic ring is 1. The number of Topliss-reactive ketones (excluding diaryl/α,β-unsaturated/α-hetero) is 2. The number of benzene rings is 1. The van der Waals surface area contributed by atoms with E-state index in [1.54, 1.807) is 26.0 Å². The molecule has 8 bridgehead atoms. The summed E-state index contributed by atoms with van der Waals surface area (Å²) in [5.41, 5.74) is 13.3. The van der Waals surface area contributed by atoms with E-state index in [1.807, 2.05) is 25.1 Å². The maximum absolute atomic E-state index is 14.5. The molecule has 1 aromatic carbocycles. The average molecular weight is 1610 g/mol. The summed E-state index contributed by atoms with van der Waals surface area (Å²) in [5.74, 6) is -13.8. The van der Waals surface area contributed by atoms with Crippen LogP contribution >= 0.6 is 21.6 Å². The van der Waals surface area contributed by atoms with Crippen molar-refractivity contribution in [2.75, 3.05) is 60.8 Å². The number of ether oxygens (including phenoxy) is 1. The lowest BCUT2D eigenvalue weighted by molar-refractivity contribution is -0.142. The number of hydrogen-bond donors (Lipinski definition) is 15. The van der Waals surface area contributed by atoms with E-state index in [2.05, 4.69) is 86.3 Å². The number of anilines is 2. The fourth-order valence-electron chi connectivity index (χ4n) is 13.1. The summed E-state index contributed by atoms with van der Waals surface area (Å²) in [6.07, 6.45) is 0.0867. The number of amides is 7. The Hall–Kier alpha value is -10.8. The number of carboxylic acids is 1. The molecule has 8 atom stereocenters. The third kappa shape index (κ3) is 22.1. The van der Waals surface area contributed by atoms with Crippen LogP contribution < -0.4 is 53.8 Å². The monoisotopic (exact) mass is 1610 g/mol. The molecule has 9 rings (SSSR count). The summed E-state index contributed by atoms with van der Waals surface area (Å²) >= 11 is 0. The number of carbonyl (C=O) groups is 11. The Morgan fingerprint density at radius 3 is 1.99 bits per heavy atom. The highest BCUT2D eigenvalue weighted by molar-refractivity contribution is 8.76. The molecule has 5 aromatic heterocycles. The zero-order valence-corrected chi connectivity index (χ0v) is 64.5. The van der Waals surface area contributed by atoms with Crippen molar-refractivity contribution in [2.24, 2.45) is 0 Å². The number of H-pyrrole nitrogens is 3. The van der Waals surface area contributed by atoms with Gasteiger partial charge in [-0.25, -0.2) is 14.8 Å². The lowest BCUT2D eigenvalue weighted by Gasteiger charge is -2.24. The number of nitrogens with zero attached hydrogens (tertiary/aromatic N) is 5. The molecule has 2 aliphatic heterocycles. The summed E-state index contributed by atoms with van der Waals surface area (Å²) in [4.78, 5) is 194. The Kier molecular flexibility index (Phi) is 28.0. The van der Waals surface area contributed by atoms with E-state index in [0.717, 1.165) is 39.4 Å². The predicted molar refractivity (Wildman–Crippen MR) is 408 cm³/mol. The van der Waals surface area contributed by atoms with Crippen molar-refractivity contribution in [1.29, 1.82) is 0 Å². The van der Waals surface area contributed by atoms with Crippen LogP contribution in [-0.4, -0.2) is 210 Å². The molecule has 0 saturated heterocycles. The second-order valence-electron chi connectivity index (χ2n) is 26.8. The number of carboxylic acid groups (broad SMARTS) is 1. The van der Waals surface area contributed by atoms with Crippen molar-refractivity contribution in [2.45, 2.75) is 147 Å². The van der Waals surface area contributed by atoms with Gasteiger partial charge in [0.05, 0.1) is 66.6 Å². The first-order valence-electron chi connectivity index (χ1n) is 35.1. The summed E-state index contributed by atoms with van der Waals surface area (Å²) in [6, 6.07) is 5.44. The van der Waals surface area contributed by atoms with Crippen LogP contribution in [0.5, 0.6) is 0 Å². The van der Waals surface area contributed by atoms with Crippen molar-refractivity contribution in [3.63, 3.8) is 0 Å². The number of aliphatic carboxylic acids is 1. The molecule has 6 aromatic rings. The number of aromatic nitrogens is 8. The number of ketones is 2. The molecule has 7 amide bonds. The van der Waals surface area contributed by atoms with Crippen LogP contribution in [0.15, 0.2) is 53.5 Å². The van der Waals surface area contributed by atoms with Crippen molar-refractivity contribution in [3.8, 4) is 0 Å². The smallest absolute Gasteiger partial charge is 0.327 e. The number of methoxy groups -OCH3 is 1. The van der Waals surface area contributed by atoms with Crippen LogP contribution in [0.3, 0.4) is 0 Å².